The van der Waals surface area contributed by atoms with Crippen LogP contribution in [0.4, 0.5) is 0 Å². The molecule has 7 heteroatoms. The largest absolute Gasteiger partial charge is 0.489 e. The van der Waals surface area contributed by atoms with Crippen molar-refractivity contribution in [1.29, 1.82) is 0 Å². The van der Waals surface area contributed by atoms with Gasteiger partial charge in [0.15, 0.2) is 5.58 Å². The average Bonchev–Trinajstić information content (AvgIpc) is 3.21. The highest BCUT2D eigenvalue weighted by atomic mass is 32.2. The molecular weight excluding hydrogens is 410 g/mol. The van der Waals surface area contributed by atoms with Crippen LogP contribution in [0.5, 0.6) is 5.75 Å². The summed E-state index contributed by atoms with van der Waals surface area (Å²) >= 11 is 1.23. The van der Waals surface area contributed by atoms with Gasteiger partial charge in [0.05, 0.1) is 12.0 Å². The van der Waals surface area contributed by atoms with Crippen LogP contribution < -0.4 is 10.2 Å². The van der Waals surface area contributed by atoms with Crippen LogP contribution in [0.1, 0.15) is 16.7 Å². The highest BCUT2D eigenvalue weighted by molar-refractivity contribution is 7.99. The van der Waals surface area contributed by atoms with Crippen LogP contribution in [0.3, 0.4) is 0 Å². The Kier molecular flexibility index (Phi) is 6.64. The summed E-state index contributed by atoms with van der Waals surface area (Å²) in [5, 5.41) is 4.46. The molecule has 1 N–H and O–H groups in total. The quantitative estimate of drug-likeness (QED) is 0.242. The summed E-state index contributed by atoms with van der Waals surface area (Å²) in [6.07, 6.45) is 1.59. The summed E-state index contributed by atoms with van der Waals surface area (Å²) in [6, 6.07) is 23.2. The van der Waals surface area contributed by atoms with Crippen molar-refractivity contribution in [2.24, 2.45) is 5.10 Å². The number of nitrogens with zero attached hydrogens (tertiary/aromatic N) is 2. The molecule has 1 aromatic heterocycles. The molecule has 0 saturated carbocycles. The SMILES string of the molecule is Cc1ccc(COc2ccc(/C=N/NC(=O)CSc3nc4ccccc4o3)cc2)cc1. The standard InChI is InChI=1S/C24H21N3O3S/c1-17-6-8-19(9-7-17)15-29-20-12-10-18(11-13-20)14-25-27-23(28)16-31-24-26-21-4-2-3-5-22(21)30-24/h2-14H,15-16H2,1H3,(H,27,28)/b25-14+. The highest BCUT2D eigenvalue weighted by Crippen LogP contribution is 2.22. The molecule has 0 spiro atoms. The number of nitrogens with one attached hydrogen (secondary N) is 1. The fourth-order valence-electron chi connectivity index (χ4n) is 2.75. The number of carbonyl (C=O) groups excluding carboxylic acids is 1. The van der Waals surface area contributed by atoms with E-state index in [9.17, 15) is 4.79 Å². The van der Waals surface area contributed by atoms with Crippen molar-refractivity contribution in [3.05, 3.63) is 89.5 Å². The van der Waals surface area contributed by atoms with Crippen molar-refractivity contribution >= 4 is 35.0 Å². The van der Waals surface area contributed by atoms with Crippen LogP contribution in [-0.4, -0.2) is 22.9 Å². The number of hydrogen-bond acceptors (Lipinski definition) is 6. The summed E-state index contributed by atoms with van der Waals surface area (Å²) in [7, 11) is 0. The number of benzene rings is 3. The van der Waals surface area contributed by atoms with Gasteiger partial charge in [-0.05, 0) is 54.4 Å². The van der Waals surface area contributed by atoms with Crippen LogP contribution in [-0.2, 0) is 11.4 Å². The molecule has 0 aliphatic heterocycles. The molecule has 31 heavy (non-hydrogen) atoms. The van der Waals surface area contributed by atoms with Crippen molar-refractivity contribution in [2.75, 3.05) is 5.75 Å². The highest BCUT2D eigenvalue weighted by Gasteiger charge is 2.08. The maximum atomic E-state index is 12.0. The summed E-state index contributed by atoms with van der Waals surface area (Å²) in [6.45, 7) is 2.58. The lowest BCUT2D eigenvalue weighted by molar-refractivity contribution is -0.118. The minimum absolute atomic E-state index is 0.163. The Morgan fingerprint density at radius 1 is 1.10 bits per heavy atom. The van der Waals surface area contributed by atoms with Gasteiger partial charge in [0.25, 0.3) is 11.1 Å². The van der Waals surface area contributed by atoms with Gasteiger partial charge in [-0.2, -0.15) is 5.10 Å². The fourth-order valence-corrected chi connectivity index (χ4v) is 3.38. The Balaban J connectivity index is 1.21. The number of rotatable bonds is 8. The topological polar surface area (TPSA) is 76.7 Å². The zero-order chi connectivity index (χ0) is 21.5. The minimum Gasteiger partial charge on any atom is -0.489 e. The number of fused-ring (bicyclic) bond motifs is 1. The molecule has 6 nitrogen and oxygen atoms in total. The van der Waals surface area contributed by atoms with E-state index >= 15 is 0 Å². The normalized spacial score (nSPS) is 11.1. The van der Waals surface area contributed by atoms with Gasteiger partial charge >= 0.3 is 0 Å². The zero-order valence-corrected chi connectivity index (χ0v) is 17.8. The lowest BCUT2D eigenvalue weighted by atomic mass is 10.2. The fraction of sp³-hybridized carbons (Fsp3) is 0.125. The van der Waals surface area contributed by atoms with Crippen molar-refractivity contribution in [3.63, 3.8) is 0 Å². The molecule has 0 atom stereocenters. The maximum Gasteiger partial charge on any atom is 0.257 e. The van der Waals surface area contributed by atoms with E-state index in [4.69, 9.17) is 9.15 Å². The molecule has 0 aliphatic rings. The summed E-state index contributed by atoms with van der Waals surface area (Å²) < 4.78 is 11.4. The predicted molar refractivity (Wildman–Crippen MR) is 122 cm³/mol. The first kappa shape index (κ1) is 20.7. The number of amides is 1. The van der Waals surface area contributed by atoms with Crippen molar-refractivity contribution in [1.82, 2.24) is 10.4 Å². The molecule has 1 amide bonds. The van der Waals surface area contributed by atoms with E-state index in [-0.39, 0.29) is 11.7 Å². The number of carbonyl (C=O) groups is 1. The van der Waals surface area contributed by atoms with Crippen molar-refractivity contribution in [2.45, 2.75) is 18.8 Å². The Bertz CT molecular complexity index is 1150. The molecule has 0 saturated heterocycles. The second kappa shape index (κ2) is 9.95. The van der Waals surface area contributed by atoms with E-state index in [2.05, 4.69) is 46.7 Å². The van der Waals surface area contributed by atoms with Gasteiger partial charge in [0.1, 0.15) is 17.9 Å². The van der Waals surface area contributed by atoms with Crippen molar-refractivity contribution < 1.29 is 13.9 Å². The number of thioether (sulfide) groups is 1. The lowest BCUT2D eigenvalue weighted by Crippen LogP contribution is -2.19. The van der Waals surface area contributed by atoms with Crippen LogP contribution >= 0.6 is 11.8 Å². The van der Waals surface area contributed by atoms with Gasteiger partial charge in [-0.15, -0.1) is 0 Å². The Morgan fingerprint density at radius 3 is 2.65 bits per heavy atom. The molecule has 156 valence electrons. The summed E-state index contributed by atoms with van der Waals surface area (Å²) in [5.41, 5.74) is 7.19. The van der Waals surface area contributed by atoms with E-state index in [0.717, 1.165) is 22.4 Å². The van der Waals surface area contributed by atoms with E-state index in [1.54, 1.807) is 6.21 Å². The summed E-state index contributed by atoms with van der Waals surface area (Å²) in [5.74, 6) is 0.703. The first-order chi connectivity index (χ1) is 15.2. The predicted octanol–water partition coefficient (Wildman–Crippen LogP) is 4.96. The first-order valence-corrected chi connectivity index (χ1v) is 10.7. The van der Waals surface area contributed by atoms with Crippen LogP contribution in [0.15, 0.2) is 87.5 Å². The second-order valence-corrected chi connectivity index (χ2v) is 7.80. The number of para-hydroxylation sites is 2. The van der Waals surface area contributed by atoms with E-state index < -0.39 is 0 Å². The molecular formula is C24H21N3O3S. The number of hydrogen-bond donors (Lipinski definition) is 1. The smallest absolute Gasteiger partial charge is 0.257 e. The molecule has 0 unspecified atom stereocenters. The molecule has 1 heterocycles. The monoisotopic (exact) mass is 431 g/mol. The van der Waals surface area contributed by atoms with E-state index in [1.807, 2.05) is 48.5 Å². The maximum absolute atomic E-state index is 12.0. The molecule has 3 aromatic carbocycles. The average molecular weight is 432 g/mol. The first-order valence-electron chi connectivity index (χ1n) is 9.74. The van der Waals surface area contributed by atoms with Crippen LogP contribution in [0.2, 0.25) is 0 Å². The Hall–Kier alpha value is -3.58. The second-order valence-electron chi connectivity index (χ2n) is 6.87. The van der Waals surface area contributed by atoms with E-state index in [0.29, 0.717) is 17.4 Å². The van der Waals surface area contributed by atoms with Gasteiger partial charge in [-0.3, -0.25) is 4.79 Å². The number of aromatic nitrogens is 1. The third-order valence-electron chi connectivity index (χ3n) is 4.41. The zero-order valence-electron chi connectivity index (χ0n) is 16.9. The Morgan fingerprint density at radius 2 is 1.87 bits per heavy atom. The number of hydrazone groups is 1. The molecule has 0 bridgehead atoms. The molecule has 0 aliphatic carbocycles. The molecule has 0 fully saturated rings. The van der Waals surface area contributed by atoms with Gasteiger partial charge in [-0.1, -0.05) is 53.7 Å². The van der Waals surface area contributed by atoms with Gasteiger partial charge < -0.3 is 9.15 Å². The molecule has 4 aromatic rings. The minimum atomic E-state index is -0.235. The van der Waals surface area contributed by atoms with E-state index in [1.165, 1.54) is 17.3 Å². The molecule has 4 rings (SSSR count). The van der Waals surface area contributed by atoms with Gasteiger partial charge in [0, 0.05) is 0 Å². The summed E-state index contributed by atoms with van der Waals surface area (Å²) in [4.78, 5) is 16.3. The van der Waals surface area contributed by atoms with Crippen molar-refractivity contribution in [3.8, 4) is 5.75 Å². The molecule has 0 radical (unpaired) electrons. The third-order valence-corrected chi connectivity index (χ3v) is 5.24. The van der Waals surface area contributed by atoms with Gasteiger partial charge in [-0.25, -0.2) is 10.4 Å². The van der Waals surface area contributed by atoms with Gasteiger partial charge in [0.2, 0.25) is 0 Å². The number of oxazole rings is 1. The third kappa shape index (κ3) is 5.96. The van der Waals surface area contributed by atoms with Crippen LogP contribution in [0.25, 0.3) is 11.1 Å². The number of ether oxygens (including phenoxy) is 1. The lowest BCUT2D eigenvalue weighted by Gasteiger charge is -2.06. The number of aryl methyl sites for hydroxylation is 1. The van der Waals surface area contributed by atoms with Crippen LogP contribution in [0, 0.1) is 6.92 Å². The Labute approximate surface area is 184 Å².